The van der Waals surface area contributed by atoms with Gasteiger partial charge < -0.3 is 5.11 Å². The summed E-state index contributed by atoms with van der Waals surface area (Å²) in [6.07, 6.45) is 0. The van der Waals surface area contributed by atoms with E-state index in [4.69, 9.17) is 5.11 Å². The quantitative estimate of drug-likeness (QED) is 0.765. The van der Waals surface area contributed by atoms with Gasteiger partial charge in [-0.1, -0.05) is 12.1 Å². The lowest BCUT2D eigenvalue weighted by molar-refractivity contribution is -0.138. The van der Waals surface area contributed by atoms with E-state index in [9.17, 15) is 18.0 Å². The number of carboxylic acids is 1. The lowest BCUT2D eigenvalue weighted by Gasteiger charge is -2.10. The number of rotatable bonds is 5. The van der Waals surface area contributed by atoms with Gasteiger partial charge in [0, 0.05) is 5.56 Å². The van der Waals surface area contributed by atoms with Gasteiger partial charge in [-0.25, -0.2) is 8.42 Å². The van der Waals surface area contributed by atoms with E-state index in [1.54, 1.807) is 0 Å². The van der Waals surface area contributed by atoms with E-state index in [0.29, 0.717) is 0 Å². The molecule has 1 rings (SSSR count). The van der Waals surface area contributed by atoms with Crippen LogP contribution in [-0.2, 0) is 14.8 Å². The molecule has 7 heteroatoms. The number of hydrogen-bond acceptors (Lipinski definition) is 4. The monoisotopic (exact) mass is 271 g/mol. The number of nitrogens with one attached hydrogen (secondary N) is 1. The molecule has 0 aliphatic heterocycles. The maximum absolute atomic E-state index is 11.8. The van der Waals surface area contributed by atoms with Gasteiger partial charge in [0.25, 0.3) is 0 Å². The molecule has 0 saturated carbocycles. The number of sulfonamides is 1. The van der Waals surface area contributed by atoms with Crippen LogP contribution in [-0.4, -0.2) is 31.3 Å². The van der Waals surface area contributed by atoms with Crippen molar-refractivity contribution in [3.05, 3.63) is 29.8 Å². The summed E-state index contributed by atoms with van der Waals surface area (Å²) in [7, 11) is -3.94. The summed E-state index contributed by atoms with van der Waals surface area (Å²) in [5.74, 6) is -1.54. The Hall–Kier alpha value is -1.73. The molecule has 0 bridgehead atoms. The lowest BCUT2D eigenvalue weighted by Crippen LogP contribution is -2.38. The predicted molar refractivity (Wildman–Crippen MR) is 63.9 cm³/mol. The van der Waals surface area contributed by atoms with Crippen molar-refractivity contribution in [2.24, 2.45) is 0 Å². The molecule has 0 radical (unpaired) electrons. The number of Topliss-reactive ketones (excluding diaryl/α,β-unsaturated/α-hetero) is 1. The Morgan fingerprint density at radius 3 is 2.44 bits per heavy atom. The smallest absolute Gasteiger partial charge is 0.321 e. The molecular weight excluding hydrogens is 258 g/mol. The van der Waals surface area contributed by atoms with E-state index in [1.807, 2.05) is 4.72 Å². The summed E-state index contributed by atoms with van der Waals surface area (Å²) in [4.78, 5) is 21.6. The molecular formula is C11H13NO5S. The highest BCUT2D eigenvalue weighted by molar-refractivity contribution is 7.89. The van der Waals surface area contributed by atoms with E-state index < -0.39 is 22.0 Å². The lowest BCUT2D eigenvalue weighted by atomic mass is 10.2. The van der Waals surface area contributed by atoms with Crippen LogP contribution < -0.4 is 4.72 Å². The first-order valence-corrected chi connectivity index (χ1v) is 6.58. The third-order valence-electron chi connectivity index (χ3n) is 2.25. The van der Waals surface area contributed by atoms with Crippen molar-refractivity contribution < 1.29 is 23.1 Å². The molecule has 2 N–H and O–H groups in total. The highest BCUT2D eigenvalue weighted by Gasteiger charge is 2.21. The zero-order valence-corrected chi connectivity index (χ0v) is 10.7. The molecule has 0 aromatic heterocycles. The van der Waals surface area contributed by atoms with Crippen LogP contribution in [0.25, 0.3) is 0 Å². The summed E-state index contributed by atoms with van der Waals surface area (Å²) in [5, 5.41) is 8.65. The van der Waals surface area contributed by atoms with E-state index in [-0.39, 0.29) is 16.2 Å². The summed E-state index contributed by atoms with van der Waals surface area (Å²) >= 11 is 0. The van der Waals surface area contributed by atoms with Crippen LogP contribution in [0.15, 0.2) is 29.2 Å². The molecule has 0 aliphatic carbocycles. The number of benzene rings is 1. The summed E-state index contributed by atoms with van der Waals surface area (Å²) in [5.41, 5.74) is 0.251. The molecule has 0 fully saturated rings. The summed E-state index contributed by atoms with van der Waals surface area (Å²) in [6.45, 7) is 2.54. The fraction of sp³-hybridized carbons (Fsp3) is 0.273. The molecule has 0 amide bonds. The average molecular weight is 271 g/mol. The highest BCUT2D eigenvalue weighted by Crippen LogP contribution is 2.12. The van der Waals surface area contributed by atoms with Crippen molar-refractivity contribution in [3.8, 4) is 0 Å². The van der Waals surface area contributed by atoms with Gasteiger partial charge in [-0.2, -0.15) is 4.72 Å². The second-order valence-electron chi connectivity index (χ2n) is 3.77. The number of carbonyl (C=O) groups excluding carboxylic acids is 1. The van der Waals surface area contributed by atoms with Gasteiger partial charge in [-0.15, -0.1) is 0 Å². The van der Waals surface area contributed by atoms with Gasteiger partial charge in [0.2, 0.25) is 10.0 Å². The molecule has 18 heavy (non-hydrogen) atoms. The van der Waals surface area contributed by atoms with Gasteiger partial charge in [0.15, 0.2) is 5.78 Å². The van der Waals surface area contributed by atoms with Crippen LogP contribution in [0.3, 0.4) is 0 Å². The van der Waals surface area contributed by atoms with Crippen molar-refractivity contribution in [3.63, 3.8) is 0 Å². The van der Waals surface area contributed by atoms with Gasteiger partial charge in [-0.3, -0.25) is 9.59 Å². The Morgan fingerprint density at radius 2 is 1.94 bits per heavy atom. The molecule has 0 spiro atoms. The highest BCUT2D eigenvalue weighted by atomic mass is 32.2. The van der Waals surface area contributed by atoms with Crippen LogP contribution in [0, 0.1) is 0 Å². The third-order valence-corrected chi connectivity index (χ3v) is 3.79. The molecule has 1 aromatic carbocycles. The van der Waals surface area contributed by atoms with E-state index in [0.717, 1.165) is 0 Å². The minimum absolute atomic E-state index is 0.136. The minimum Gasteiger partial charge on any atom is -0.480 e. The molecule has 1 atom stereocenters. The van der Waals surface area contributed by atoms with Crippen LogP contribution in [0.1, 0.15) is 24.2 Å². The maximum Gasteiger partial charge on any atom is 0.321 e. The first kappa shape index (κ1) is 14.3. The van der Waals surface area contributed by atoms with Crippen molar-refractivity contribution in [1.82, 2.24) is 4.72 Å². The number of hydrogen-bond donors (Lipinski definition) is 2. The molecule has 0 saturated heterocycles. The van der Waals surface area contributed by atoms with E-state index >= 15 is 0 Å². The van der Waals surface area contributed by atoms with Crippen molar-refractivity contribution in [2.75, 3.05) is 0 Å². The Labute approximate surface area is 105 Å². The van der Waals surface area contributed by atoms with Gasteiger partial charge >= 0.3 is 5.97 Å². The number of carboxylic acid groups (broad SMARTS) is 1. The fourth-order valence-corrected chi connectivity index (χ4v) is 2.48. The number of ketones is 1. The predicted octanol–water partition coefficient (Wildman–Crippen LogP) is 0.641. The molecule has 0 unspecified atom stereocenters. The van der Waals surface area contributed by atoms with Crippen LogP contribution >= 0.6 is 0 Å². The topological polar surface area (TPSA) is 101 Å². The normalized spacial score (nSPS) is 13.0. The minimum atomic E-state index is -3.94. The molecule has 0 aliphatic rings. The van der Waals surface area contributed by atoms with Crippen LogP contribution in [0.4, 0.5) is 0 Å². The van der Waals surface area contributed by atoms with Gasteiger partial charge in [0.1, 0.15) is 6.04 Å². The summed E-state index contributed by atoms with van der Waals surface area (Å²) in [6, 6.07) is 4.18. The zero-order chi connectivity index (χ0) is 13.9. The Balaban J connectivity index is 3.09. The Kier molecular flexibility index (Phi) is 4.20. The average Bonchev–Trinajstić information content (AvgIpc) is 2.28. The first-order valence-electron chi connectivity index (χ1n) is 5.10. The number of carbonyl (C=O) groups is 2. The van der Waals surface area contributed by atoms with Crippen LogP contribution in [0.5, 0.6) is 0 Å². The first-order chi connectivity index (χ1) is 8.24. The van der Waals surface area contributed by atoms with Gasteiger partial charge in [0.05, 0.1) is 4.90 Å². The fourth-order valence-electron chi connectivity index (χ4n) is 1.23. The van der Waals surface area contributed by atoms with E-state index in [1.165, 1.54) is 38.1 Å². The molecule has 0 heterocycles. The van der Waals surface area contributed by atoms with Crippen molar-refractivity contribution in [1.29, 1.82) is 0 Å². The largest absolute Gasteiger partial charge is 0.480 e. The molecule has 98 valence electrons. The second-order valence-corrected chi connectivity index (χ2v) is 5.48. The van der Waals surface area contributed by atoms with Crippen LogP contribution in [0.2, 0.25) is 0 Å². The zero-order valence-electron chi connectivity index (χ0n) is 9.88. The third kappa shape index (κ3) is 3.38. The van der Waals surface area contributed by atoms with Crippen molar-refractivity contribution >= 4 is 21.8 Å². The van der Waals surface area contributed by atoms with Crippen molar-refractivity contribution in [2.45, 2.75) is 24.8 Å². The molecule has 1 aromatic rings. The standard InChI is InChI=1S/C11H13NO5S/c1-7(11(14)15)12-18(16,17)10-5-3-4-9(6-10)8(2)13/h3-7,12H,1-2H3,(H,14,15)/t7-/m1/s1. The van der Waals surface area contributed by atoms with Gasteiger partial charge in [-0.05, 0) is 26.0 Å². The SMILES string of the molecule is CC(=O)c1cccc(S(=O)(=O)N[C@H](C)C(=O)O)c1. The maximum atomic E-state index is 11.8. The second kappa shape index (κ2) is 5.28. The Morgan fingerprint density at radius 1 is 1.33 bits per heavy atom. The van der Waals surface area contributed by atoms with E-state index in [2.05, 4.69) is 0 Å². The Bertz CT molecular complexity index is 579. The molecule has 6 nitrogen and oxygen atoms in total. The summed E-state index contributed by atoms with van der Waals surface area (Å²) < 4.78 is 25.7. The number of aliphatic carboxylic acids is 1.